The Bertz CT molecular complexity index is 522. The lowest BCUT2D eigenvalue weighted by molar-refractivity contribution is -0.131. The van der Waals surface area contributed by atoms with Crippen LogP contribution in [0.3, 0.4) is 0 Å². The number of carbonyl (C=O) groups excluding carboxylic acids is 1. The van der Waals surface area contributed by atoms with Gasteiger partial charge < -0.3 is 9.64 Å². The van der Waals surface area contributed by atoms with E-state index in [0.29, 0.717) is 12.1 Å². The summed E-state index contributed by atoms with van der Waals surface area (Å²) in [4.78, 5) is 14.3. The van der Waals surface area contributed by atoms with Crippen molar-refractivity contribution in [2.45, 2.75) is 39.3 Å². The first-order chi connectivity index (χ1) is 9.56. The Morgan fingerprint density at radius 3 is 2.55 bits per heavy atom. The van der Waals surface area contributed by atoms with E-state index < -0.39 is 0 Å². The number of halogens is 1. The van der Waals surface area contributed by atoms with Gasteiger partial charge in [0, 0.05) is 19.0 Å². The predicted molar refractivity (Wildman–Crippen MR) is 75.4 cm³/mol. The van der Waals surface area contributed by atoms with Gasteiger partial charge in [-0.2, -0.15) is 0 Å². The first kappa shape index (κ1) is 14.6. The molecule has 3 nitrogen and oxygen atoms in total. The standard InChI is InChI=1S/C16H20FNO2/c1-4-14-9-15(20-3)11(2)16(19)18(14)10-12-5-7-13(17)8-6-12/h5-8,14H,4,9-10H2,1-3H3/t14-/m1/s1. The van der Waals surface area contributed by atoms with Gasteiger partial charge in [-0.3, -0.25) is 4.79 Å². The van der Waals surface area contributed by atoms with Gasteiger partial charge >= 0.3 is 0 Å². The van der Waals surface area contributed by atoms with Crippen molar-refractivity contribution in [3.8, 4) is 0 Å². The third-order valence-corrected chi connectivity index (χ3v) is 3.85. The molecule has 0 aliphatic carbocycles. The molecule has 108 valence electrons. The Hall–Kier alpha value is -1.84. The maximum absolute atomic E-state index is 12.9. The summed E-state index contributed by atoms with van der Waals surface area (Å²) < 4.78 is 18.2. The summed E-state index contributed by atoms with van der Waals surface area (Å²) in [7, 11) is 1.61. The number of rotatable bonds is 4. The summed E-state index contributed by atoms with van der Waals surface area (Å²) in [6.07, 6.45) is 1.61. The quantitative estimate of drug-likeness (QED) is 0.845. The van der Waals surface area contributed by atoms with Crippen molar-refractivity contribution in [2.75, 3.05) is 7.11 Å². The van der Waals surface area contributed by atoms with E-state index in [2.05, 4.69) is 6.92 Å². The molecule has 1 heterocycles. The molecule has 1 aromatic carbocycles. The number of benzene rings is 1. The number of nitrogens with zero attached hydrogens (tertiary/aromatic N) is 1. The normalized spacial score (nSPS) is 19.5. The predicted octanol–water partition coefficient (Wildman–Crippen LogP) is 3.26. The van der Waals surface area contributed by atoms with E-state index in [1.54, 1.807) is 26.2 Å². The van der Waals surface area contributed by atoms with Gasteiger partial charge in [0.1, 0.15) is 11.6 Å². The molecule has 20 heavy (non-hydrogen) atoms. The Kier molecular flexibility index (Phi) is 4.42. The lowest BCUT2D eigenvalue weighted by Gasteiger charge is -2.36. The molecule has 0 saturated heterocycles. The van der Waals surface area contributed by atoms with E-state index in [-0.39, 0.29) is 17.8 Å². The summed E-state index contributed by atoms with van der Waals surface area (Å²) in [5.74, 6) is 0.519. The number of carbonyl (C=O) groups is 1. The number of hydrogen-bond acceptors (Lipinski definition) is 2. The van der Waals surface area contributed by atoms with Crippen LogP contribution in [-0.4, -0.2) is 24.0 Å². The Morgan fingerprint density at radius 2 is 2.00 bits per heavy atom. The van der Waals surface area contributed by atoms with E-state index in [9.17, 15) is 9.18 Å². The van der Waals surface area contributed by atoms with Crippen LogP contribution < -0.4 is 0 Å². The Morgan fingerprint density at radius 1 is 1.35 bits per heavy atom. The summed E-state index contributed by atoms with van der Waals surface area (Å²) in [5, 5.41) is 0. The van der Waals surface area contributed by atoms with Crippen molar-refractivity contribution in [3.63, 3.8) is 0 Å². The highest BCUT2D eigenvalue weighted by Gasteiger charge is 2.31. The van der Waals surface area contributed by atoms with Gasteiger partial charge in [0.2, 0.25) is 0 Å². The number of hydrogen-bond donors (Lipinski definition) is 0. The fraction of sp³-hybridized carbons (Fsp3) is 0.438. The fourth-order valence-electron chi connectivity index (χ4n) is 2.57. The smallest absolute Gasteiger partial charge is 0.253 e. The fourth-order valence-corrected chi connectivity index (χ4v) is 2.57. The lowest BCUT2D eigenvalue weighted by atomic mass is 9.98. The van der Waals surface area contributed by atoms with Gasteiger partial charge in [-0.15, -0.1) is 0 Å². The molecule has 0 unspecified atom stereocenters. The Labute approximate surface area is 119 Å². The number of ether oxygens (including phenoxy) is 1. The highest BCUT2D eigenvalue weighted by atomic mass is 19.1. The third-order valence-electron chi connectivity index (χ3n) is 3.85. The van der Waals surface area contributed by atoms with Crippen LogP contribution in [-0.2, 0) is 16.1 Å². The van der Waals surface area contributed by atoms with Gasteiger partial charge in [-0.25, -0.2) is 4.39 Å². The summed E-state index contributed by atoms with van der Waals surface area (Å²) in [5.41, 5.74) is 1.60. The second-order valence-corrected chi connectivity index (χ2v) is 5.08. The zero-order valence-electron chi connectivity index (χ0n) is 12.1. The summed E-state index contributed by atoms with van der Waals surface area (Å²) in [6, 6.07) is 6.42. The summed E-state index contributed by atoms with van der Waals surface area (Å²) in [6.45, 7) is 4.36. The maximum Gasteiger partial charge on any atom is 0.253 e. The van der Waals surface area contributed by atoms with Crippen molar-refractivity contribution >= 4 is 5.91 Å². The highest BCUT2D eigenvalue weighted by molar-refractivity contribution is 5.94. The minimum atomic E-state index is -0.261. The summed E-state index contributed by atoms with van der Waals surface area (Å²) >= 11 is 0. The van der Waals surface area contributed by atoms with Crippen molar-refractivity contribution < 1.29 is 13.9 Å². The molecule has 0 radical (unpaired) electrons. The van der Waals surface area contributed by atoms with E-state index in [4.69, 9.17) is 4.74 Å². The van der Waals surface area contributed by atoms with E-state index in [1.165, 1.54) is 12.1 Å². The molecule has 2 rings (SSSR count). The molecule has 0 saturated carbocycles. The van der Waals surface area contributed by atoms with Gasteiger partial charge in [-0.1, -0.05) is 19.1 Å². The SMILES string of the molecule is CC[C@@H]1CC(OC)=C(C)C(=O)N1Cc1ccc(F)cc1. The number of amides is 1. The molecule has 0 spiro atoms. The molecule has 4 heteroatoms. The van der Waals surface area contributed by atoms with Crippen LogP contribution in [0.2, 0.25) is 0 Å². The van der Waals surface area contributed by atoms with E-state index in [1.807, 2.05) is 4.90 Å². The monoisotopic (exact) mass is 277 g/mol. The van der Waals surface area contributed by atoms with Crippen molar-refractivity contribution in [2.24, 2.45) is 0 Å². The second-order valence-electron chi connectivity index (χ2n) is 5.08. The Balaban J connectivity index is 2.23. The molecule has 1 aliphatic heterocycles. The molecule has 0 fully saturated rings. The molecule has 1 aromatic rings. The molecule has 0 bridgehead atoms. The average molecular weight is 277 g/mol. The maximum atomic E-state index is 12.9. The minimum absolute atomic E-state index is 0.00396. The largest absolute Gasteiger partial charge is 0.501 e. The van der Waals surface area contributed by atoms with Gasteiger partial charge in [0.05, 0.1) is 12.7 Å². The molecule has 1 aliphatic rings. The van der Waals surface area contributed by atoms with Crippen molar-refractivity contribution in [1.82, 2.24) is 4.90 Å². The van der Waals surface area contributed by atoms with Crippen LogP contribution in [0.4, 0.5) is 4.39 Å². The third kappa shape index (κ3) is 2.84. The zero-order chi connectivity index (χ0) is 14.7. The highest BCUT2D eigenvalue weighted by Crippen LogP contribution is 2.28. The van der Waals surface area contributed by atoms with Crippen LogP contribution in [0.1, 0.15) is 32.3 Å². The van der Waals surface area contributed by atoms with Gasteiger partial charge in [0.25, 0.3) is 5.91 Å². The lowest BCUT2D eigenvalue weighted by Crippen LogP contribution is -2.43. The molecule has 0 N–H and O–H groups in total. The van der Waals surface area contributed by atoms with Crippen molar-refractivity contribution in [1.29, 1.82) is 0 Å². The second kappa shape index (κ2) is 6.07. The minimum Gasteiger partial charge on any atom is -0.501 e. The topological polar surface area (TPSA) is 29.5 Å². The molecule has 1 atom stereocenters. The van der Waals surface area contributed by atoms with Crippen molar-refractivity contribution in [3.05, 3.63) is 47.0 Å². The van der Waals surface area contributed by atoms with Crippen LogP contribution in [0.25, 0.3) is 0 Å². The molecule has 0 aromatic heterocycles. The van der Waals surface area contributed by atoms with Crippen LogP contribution in [0.15, 0.2) is 35.6 Å². The van der Waals surface area contributed by atoms with Gasteiger partial charge in [-0.05, 0) is 31.0 Å². The first-order valence-corrected chi connectivity index (χ1v) is 6.86. The van der Waals surface area contributed by atoms with Crippen LogP contribution in [0.5, 0.6) is 0 Å². The molecule has 1 amide bonds. The number of methoxy groups -OCH3 is 1. The molecular formula is C16H20FNO2. The van der Waals surface area contributed by atoms with E-state index >= 15 is 0 Å². The zero-order valence-corrected chi connectivity index (χ0v) is 12.1. The first-order valence-electron chi connectivity index (χ1n) is 6.86. The van der Waals surface area contributed by atoms with E-state index in [0.717, 1.165) is 24.2 Å². The van der Waals surface area contributed by atoms with Crippen LogP contribution >= 0.6 is 0 Å². The van der Waals surface area contributed by atoms with Gasteiger partial charge in [0.15, 0.2) is 0 Å². The average Bonchev–Trinajstić information content (AvgIpc) is 2.46. The molecular weight excluding hydrogens is 257 g/mol. The van der Waals surface area contributed by atoms with Crippen LogP contribution in [0, 0.1) is 5.82 Å².